The van der Waals surface area contributed by atoms with Gasteiger partial charge in [0.1, 0.15) is 11.4 Å². The van der Waals surface area contributed by atoms with Gasteiger partial charge in [0, 0.05) is 18.8 Å². The molecule has 1 aromatic rings. The summed E-state index contributed by atoms with van der Waals surface area (Å²) in [6, 6.07) is 3.64. The molecule has 0 saturated heterocycles. The molecule has 0 aliphatic heterocycles. The molecule has 0 aromatic carbocycles. The Morgan fingerprint density at radius 3 is 2.90 bits per heavy atom. The maximum absolute atomic E-state index is 12.0. The second-order valence-electron chi connectivity index (χ2n) is 5.50. The van der Waals surface area contributed by atoms with Crippen LogP contribution in [0.4, 0.5) is 5.82 Å². The van der Waals surface area contributed by atoms with Crippen molar-refractivity contribution < 1.29 is 9.53 Å². The van der Waals surface area contributed by atoms with Crippen LogP contribution in [-0.4, -0.2) is 30.1 Å². The van der Waals surface area contributed by atoms with E-state index in [2.05, 4.69) is 10.3 Å². The van der Waals surface area contributed by atoms with Crippen LogP contribution in [0.3, 0.4) is 0 Å². The lowest BCUT2D eigenvalue weighted by atomic mass is 9.84. The fourth-order valence-electron chi connectivity index (χ4n) is 2.98. The van der Waals surface area contributed by atoms with Crippen LogP contribution in [0.15, 0.2) is 18.3 Å². The van der Waals surface area contributed by atoms with Crippen LogP contribution in [0.5, 0.6) is 0 Å². The first-order chi connectivity index (χ1) is 10.3. The van der Waals surface area contributed by atoms with E-state index in [-0.39, 0.29) is 12.0 Å². The SMILES string of the molecule is CCOC(=O)c1cccnc1NC(CN)C1CCCCC1. The lowest BCUT2D eigenvalue weighted by Crippen LogP contribution is -2.38. The predicted octanol–water partition coefficient (Wildman–Crippen LogP) is 2.58. The van der Waals surface area contributed by atoms with Gasteiger partial charge in [-0.25, -0.2) is 9.78 Å². The second kappa shape index (κ2) is 7.98. The van der Waals surface area contributed by atoms with E-state index in [0.29, 0.717) is 30.5 Å². The van der Waals surface area contributed by atoms with Gasteiger partial charge in [-0.3, -0.25) is 0 Å². The fraction of sp³-hybridized carbons (Fsp3) is 0.625. The van der Waals surface area contributed by atoms with Crippen molar-refractivity contribution in [1.29, 1.82) is 0 Å². The van der Waals surface area contributed by atoms with Gasteiger partial charge >= 0.3 is 5.97 Å². The first kappa shape index (κ1) is 15.8. The summed E-state index contributed by atoms with van der Waals surface area (Å²) in [6.45, 7) is 2.70. The Labute approximate surface area is 126 Å². The molecule has 0 radical (unpaired) electrons. The van der Waals surface area contributed by atoms with Gasteiger partial charge in [-0.2, -0.15) is 0 Å². The van der Waals surface area contributed by atoms with Crippen molar-refractivity contribution in [3.05, 3.63) is 23.9 Å². The largest absolute Gasteiger partial charge is 0.462 e. The maximum atomic E-state index is 12.0. The van der Waals surface area contributed by atoms with Gasteiger partial charge < -0.3 is 15.8 Å². The molecule has 1 unspecified atom stereocenters. The number of nitrogens with two attached hydrogens (primary N) is 1. The standard InChI is InChI=1S/C16H25N3O2/c1-2-21-16(20)13-9-6-10-18-15(13)19-14(11-17)12-7-4-3-5-8-12/h6,9-10,12,14H,2-5,7-8,11,17H2,1H3,(H,18,19). The van der Waals surface area contributed by atoms with E-state index in [1.54, 1.807) is 25.3 Å². The van der Waals surface area contributed by atoms with Crippen LogP contribution >= 0.6 is 0 Å². The minimum atomic E-state index is -0.340. The monoisotopic (exact) mass is 291 g/mol. The summed E-state index contributed by atoms with van der Waals surface area (Å²) in [6.07, 6.45) is 7.89. The second-order valence-corrected chi connectivity index (χ2v) is 5.50. The minimum Gasteiger partial charge on any atom is -0.462 e. The topological polar surface area (TPSA) is 77.2 Å². The summed E-state index contributed by atoms with van der Waals surface area (Å²) in [7, 11) is 0. The van der Waals surface area contributed by atoms with E-state index in [1.807, 2.05) is 0 Å². The van der Waals surface area contributed by atoms with Crippen LogP contribution in [0.1, 0.15) is 49.4 Å². The molecule has 5 heteroatoms. The quantitative estimate of drug-likeness (QED) is 0.788. The van der Waals surface area contributed by atoms with Crippen molar-refractivity contribution >= 4 is 11.8 Å². The van der Waals surface area contributed by atoms with E-state index in [1.165, 1.54) is 32.1 Å². The average molecular weight is 291 g/mol. The zero-order chi connectivity index (χ0) is 15.1. The van der Waals surface area contributed by atoms with Crippen LogP contribution in [0.25, 0.3) is 0 Å². The van der Waals surface area contributed by atoms with Gasteiger partial charge in [0.15, 0.2) is 0 Å². The molecule has 1 aliphatic carbocycles. The number of esters is 1. The Morgan fingerprint density at radius 2 is 2.24 bits per heavy atom. The van der Waals surface area contributed by atoms with E-state index in [9.17, 15) is 4.79 Å². The number of carbonyl (C=O) groups is 1. The summed E-state index contributed by atoms with van der Waals surface area (Å²) in [4.78, 5) is 16.3. The van der Waals surface area contributed by atoms with E-state index in [4.69, 9.17) is 10.5 Å². The zero-order valence-corrected chi connectivity index (χ0v) is 12.7. The molecule has 0 spiro atoms. The summed E-state index contributed by atoms with van der Waals surface area (Å²) in [5, 5.41) is 3.37. The molecule has 0 bridgehead atoms. The van der Waals surface area contributed by atoms with Crippen LogP contribution in [-0.2, 0) is 4.74 Å². The number of ether oxygens (including phenoxy) is 1. The van der Waals surface area contributed by atoms with Crippen molar-refractivity contribution in [2.75, 3.05) is 18.5 Å². The van der Waals surface area contributed by atoms with Crippen molar-refractivity contribution in [1.82, 2.24) is 4.98 Å². The highest BCUT2D eigenvalue weighted by atomic mass is 16.5. The number of nitrogens with zero attached hydrogens (tertiary/aromatic N) is 1. The third-order valence-electron chi connectivity index (χ3n) is 4.10. The lowest BCUT2D eigenvalue weighted by Gasteiger charge is -2.30. The molecule has 1 aliphatic rings. The van der Waals surface area contributed by atoms with E-state index in [0.717, 1.165) is 0 Å². The van der Waals surface area contributed by atoms with Crippen molar-refractivity contribution in [2.24, 2.45) is 11.7 Å². The normalized spacial score (nSPS) is 17.2. The molecule has 3 N–H and O–H groups in total. The molecule has 2 rings (SSSR count). The van der Waals surface area contributed by atoms with Gasteiger partial charge in [0.05, 0.1) is 6.61 Å². The molecule has 5 nitrogen and oxygen atoms in total. The predicted molar refractivity (Wildman–Crippen MR) is 83.2 cm³/mol. The number of hydrogen-bond donors (Lipinski definition) is 2. The van der Waals surface area contributed by atoms with Gasteiger partial charge in [-0.15, -0.1) is 0 Å². The number of carbonyl (C=O) groups excluding carboxylic acids is 1. The molecule has 1 fully saturated rings. The summed E-state index contributed by atoms with van der Waals surface area (Å²) in [5.74, 6) is 0.797. The zero-order valence-electron chi connectivity index (χ0n) is 12.7. The Balaban J connectivity index is 2.11. The van der Waals surface area contributed by atoms with Gasteiger partial charge in [0.2, 0.25) is 0 Å². The first-order valence-corrected chi connectivity index (χ1v) is 7.85. The fourth-order valence-corrected chi connectivity index (χ4v) is 2.98. The van der Waals surface area contributed by atoms with Crippen LogP contribution < -0.4 is 11.1 Å². The molecule has 116 valence electrons. The number of aromatic nitrogens is 1. The van der Waals surface area contributed by atoms with Crippen LogP contribution in [0.2, 0.25) is 0 Å². The van der Waals surface area contributed by atoms with Gasteiger partial charge in [-0.1, -0.05) is 19.3 Å². The highest BCUT2D eigenvalue weighted by molar-refractivity contribution is 5.94. The highest BCUT2D eigenvalue weighted by Crippen LogP contribution is 2.28. The van der Waals surface area contributed by atoms with E-state index < -0.39 is 0 Å². The molecule has 1 atom stereocenters. The number of rotatable bonds is 6. The number of nitrogens with one attached hydrogen (secondary N) is 1. The Hall–Kier alpha value is -1.62. The number of pyridine rings is 1. The maximum Gasteiger partial charge on any atom is 0.341 e. The average Bonchev–Trinajstić information content (AvgIpc) is 2.54. The molecular weight excluding hydrogens is 266 g/mol. The highest BCUT2D eigenvalue weighted by Gasteiger charge is 2.24. The van der Waals surface area contributed by atoms with Crippen molar-refractivity contribution in [3.63, 3.8) is 0 Å². The van der Waals surface area contributed by atoms with Crippen LogP contribution in [0, 0.1) is 5.92 Å². The number of hydrogen-bond acceptors (Lipinski definition) is 5. The first-order valence-electron chi connectivity index (χ1n) is 7.85. The smallest absolute Gasteiger partial charge is 0.341 e. The number of anilines is 1. The summed E-state index contributed by atoms with van der Waals surface area (Å²) < 4.78 is 5.08. The molecule has 0 amide bonds. The third-order valence-corrected chi connectivity index (χ3v) is 4.10. The molecule has 1 saturated carbocycles. The van der Waals surface area contributed by atoms with E-state index >= 15 is 0 Å². The van der Waals surface area contributed by atoms with Crippen molar-refractivity contribution in [3.8, 4) is 0 Å². The lowest BCUT2D eigenvalue weighted by molar-refractivity contribution is 0.0527. The molecular formula is C16H25N3O2. The molecule has 1 heterocycles. The minimum absolute atomic E-state index is 0.161. The van der Waals surface area contributed by atoms with Crippen molar-refractivity contribution in [2.45, 2.75) is 45.1 Å². The summed E-state index contributed by atoms with van der Waals surface area (Å²) >= 11 is 0. The molecule has 1 aromatic heterocycles. The third kappa shape index (κ3) is 4.17. The molecule has 21 heavy (non-hydrogen) atoms. The van der Waals surface area contributed by atoms with Gasteiger partial charge in [0.25, 0.3) is 0 Å². The summed E-state index contributed by atoms with van der Waals surface area (Å²) in [5.41, 5.74) is 6.41. The Morgan fingerprint density at radius 1 is 1.48 bits per heavy atom. The Kier molecular flexibility index (Phi) is 5.99. The Bertz CT molecular complexity index is 459. The van der Waals surface area contributed by atoms with Gasteiger partial charge in [-0.05, 0) is 37.8 Å².